The van der Waals surface area contributed by atoms with Gasteiger partial charge in [0, 0.05) is 23.0 Å². The van der Waals surface area contributed by atoms with Gasteiger partial charge in [-0.3, -0.25) is 4.79 Å². The molecule has 3 nitrogen and oxygen atoms in total. The van der Waals surface area contributed by atoms with E-state index in [4.69, 9.17) is 16.3 Å². The van der Waals surface area contributed by atoms with Crippen LogP contribution in [0.15, 0.2) is 30.3 Å². The fourth-order valence-electron chi connectivity index (χ4n) is 2.74. The van der Waals surface area contributed by atoms with E-state index in [0.29, 0.717) is 16.8 Å². The molecule has 110 valence electrons. The lowest BCUT2D eigenvalue weighted by atomic mass is 10.1. The molecular weight excluding hydrogens is 286 g/mol. The van der Waals surface area contributed by atoms with Gasteiger partial charge in [0.25, 0.3) is 0 Å². The molecule has 0 saturated heterocycles. The molecular formula is C17H18ClNO2. The first kappa shape index (κ1) is 14.2. The summed E-state index contributed by atoms with van der Waals surface area (Å²) in [7, 11) is 0. The molecule has 4 heteroatoms. The highest BCUT2D eigenvalue weighted by Gasteiger charge is 2.28. The van der Waals surface area contributed by atoms with Gasteiger partial charge in [-0.15, -0.1) is 0 Å². The van der Waals surface area contributed by atoms with Crippen LogP contribution >= 0.6 is 11.6 Å². The maximum Gasteiger partial charge on any atom is 0.202 e. The number of rotatable bonds is 5. The van der Waals surface area contributed by atoms with Gasteiger partial charge in [-0.25, -0.2) is 0 Å². The Labute approximate surface area is 129 Å². The molecule has 0 unspecified atom stereocenters. The minimum atomic E-state index is -0.00470. The number of hydrogen-bond donors (Lipinski definition) is 0. The summed E-state index contributed by atoms with van der Waals surface area (Å²) in [6.07, 6.45) is 2.42. The summed E-state index contributed by atoms with van der Waals surface area (Å²) in [5, 5.41) is 0.522. The van der Waals surface area contributed by atoms with Crippen LogP contribution in [0.4, 0.5) is 0 Å². The Morgan fingerprint density at radius 2 is 2.05 bits per heavy atom. The van der Waals surface area contributed by atoms with E-state index in [1.54, 1.807) is 12.1 Å². The first-order valence-electron chi connectivity index (χ1n) is 7.17. The van der Waals surface area contributed by atoms with E-state index in [1.807, 2.05) is 25.1 Å². The second kappa shape index (κ2) is 5.57. The number of Topliss-reactive ketones (excluding diaryl/α,β-unsaturated/α-hetero) is 1. The zero-order chi connectivity index (χ0) is 15.0. The molecule has 0 spiro atoms. The average Bonchev–Trinajstić information content (AvgIpc) is 3.24. The van der Waals surface area contributed by atoms with E-state index in [-0.39, 0.29) is 12.4 Å². The molecule has 0 radical (unpaired) electrons. The fraction of sp³-hybridized carbons (Fsp3) is 0.353. The van der Waals surface area contributed by atoms with Crippen molar-refractivity contribution in [3.05, 3.63) is 52.3 Å². The highest BCUT2D eigenvalue weighted by molar-refractivity contribution is 6.32. The second-order valence-electron chi connectivity index (χ2n) is 5.53. The number of halogens is 1. The van der Waals surface area contributed by atoms with Crippen molar-refractivity contribution < 1.29 is 9.53 Å². The summed E-state index contributed by atoms with van der Waals surface area (Å²) in [6, 6.07) is 9.73. The smallest absolute Gasteiger partial charge is 0.202 e. The Kier molecular flexibility index (Phi) is 3.77. The maximum atomic E-state index is 12.4. The number of hydrogen-bond acceptors (Lipinski definition) is 2. The molecule has 1 saturated carbocycles. The van der Waals surface area contributed by atoms with Crippen molar-refractivity contribution in [1.29, 1.82) is 0 Å². The summed E-state index contributed by atoms with van der Waals surface area (Å²) >= 11 is 6.02. The lowest BCUT2D eigenvalue weighted by molar-refractivity contribution is 0.0921. The summed E-state index contributed by atoms with van der Waals surface area (Å²) < 4.78 is 7.81. The summed E-state index contributed by atoms with van der Waals surface area (Å²) in [5.41, 5.74) is 2.95. The molecule has 1 aromatic heterocycles. The van der Waals surface area contributed by atoms with E-state index in [2.05, 4.69) is 11.5 Å². The Morgan fingerprint density at radius 3 is 2.71 bits per heavy atom. The SMILES string of the molecule is Cc1cc(C(=O)COc2ccccc2Cl)c(C)n1C1CC1. The standard InChI is InChI=1S/C17H18ClNO2/c1-11-9-14(12(2)19(11)13-7-8-13)16(20)10-21-17-6-4-3-5-15(17)18/h3-6,9,13H,7-8,10H2,1-2H3. The van der Waals surface area contributed by atoms with Crippen molar-refractivity contribution in [1.82, 2.24) is 4.57 Å². The van der Waals surface area contributed by atoms with Crippen molar-refractivity contribution in [3.8, 4) is 5.75 Å². The van der Waals surface area contributed by atoms with Gasteiger partial charge in [-0.1, -0.05) is 23.7 Å². The van der Waals surface area contributed by atoms with Gasteiger partial charge in [0.15, 0.2) is 6.61 Å². The first-order valence-corrected chi connectivity index (χ1v) is 7.54. The largest absolute Gasteiger partial charge is 0.484 e. The van der Waals surface area contributed by atoms with E-state index < -0.39 is 0 Å². The molecule has 0 bridgehead atoms. The number of carbonyl (C=O) groups excluding carboxylic acids is 1. The van der Waals surface area contributed by atoms with Gasteiger partial charge in [0.05, 0.1) is 5.02 Å². The number of aromatic nitrogens is 1. The third-order valence-electron chi connectivity index (χ3n) is 3.89. The van der Waals surface area contributed by atoms with E-state index in [0.717, 1.165) is 17.0 Å². The molecule has 1 heterocycles. The Bertz CT molecular complexity index is 686. The van der Waals surface area contributed by atoms with E-state index in [1.165, 1.54) is 12.8 Å². The number of ketones is 1. The quantitative estimate of drug-likeness (QED) is 0.769. The van der Waals surface area contributed by atoms with Gasteiger partial charge in [-0.2, -0.15) is 0 Å². The normalized spacial score (nSPS) is 14.2. The van der Waals surface area contributed by atoms with Crippen LogP contribution in [0.25, 0.3) is 0 Å². The number of ether oxygens (including phenoxy) is 1. The summed E-state index contributed by atoms with van der Waals surface area (Å²) in [4.78, 5) is 12.4. The van der Waals surface area contributed by atoms with Crippen molar-refractivity contribution in [2.45, 2.75) is 32.7 Å². The molecule has 0 amide bonds. The zero-order valence-corrected chi connectivity index (χ0v) is 13.0. The van der Waals surface area contributed by atoms with Crippen molar-refractivity contribution in [3.63, 3.8) is 0 Å². The number of aryl methyl sites for hydroxylation is 1. The third-order valence-corrected chi connectivity index (χ3v) is 4.20. The Balaban J connectivity index is 1.74. The first-order chi connectivity index (χ1) is 10.1. The molecule has 1 aliphatic carbocycles. The van der Waals surface area contributed by atoms with Gasteiger partial charge >= 0.3 is 0 Å². The summed E-state index contributed by atoms with van der Waals surface area (Å²) in [5.74, 6) is 0.540. The molecule has 1 aliphatic rings. The van der Waals surface area contributed by atoms with Crippen LogP contribution in [0.3, 0.4) is 0 Å². The fourth-order valence-corrected chi connectivity index (χ4v) is 2.93. The molecule has 1 fully saturated rings. The average molecular weight is 304 g/mol. The highest BCUT2D eigenvalue weighted by atomic mass is 35.5. The van der Waals surface area contributed by atoms with Crippen LogP contribution < -0.4 is 4.74 Å². The van der Waals surface area contributed by atoms with Crippen LogP contribution in [-0.2, 0) is 0 Å². The molecule has 21 heavy (non-hydrogen) atoms. The maximum absolute atomic E-state index is 12.4. The van der Waals surface area contributed by atoms with Crippen LogP contribution in [0, 0.1) is 13.8 Å². The van der Waals surface area contributed by atoms with Crippen LogP contribution in [0.5, 0.6) is 5.75 Å². The van der Waals surface area contributed by atoms with Gasteiger partial charge in [-0.05, 0) is 44.9 Å². The Morgan fingerprint density at radius 1 is 1.33 bits per heavy atom. The van der Waals surface area contributed by atoms with Crippen molar-refractivity contribution in [2.75, 3.05) is 6.61 Å². The Hall–Kier alpha value is -1.74. The number of carbonyl (C=O) groups is 1. The molecule has 0 aliphatic heterocycles. The predicted octanol–water partition coefficient (Wildman–Crippen LogP) is 4.35. The molecule has 0 N–H and O–H groups in total. The number of para-hydroxylation sites is 1. The highest BCUT2D eigenvalue weighted by Crippen LogP contribution is 2.38. The second-order valence-corrected chi connectivity index (χ2v) is 5.94. The van der Waals surface area contributed by atoms with Crippen molar-refractivity contribution >= 4 is 17.4 Å². The lowest BCUT2D eigenvalue weighted by Gasteiger charge is -2.09. The van der Waals surface area contributed by atoms with Gasteiger partial charge in [0.2, 0.25) is 5.78 Å². The third kappa shape index (κ3) is 2.84. The summed E-state index contributed by atoms with van der Waals surface area (Å²) in [6.45, 7) is 4.07. The molecule has 3 rings (SSSR count). The van der Waals surface area contributed by atoms with E-state index in [9.17, 15) is 4.79 Å². The molecule has 1 aromatic carbocycles. The van der Waals surface area contributed by atoms with Crippen LogP contribution in [-0.4, -0.2) is 17.0 Å². The lowest BCUT2D eigenvalue weighted by Crippen LogP contribution is -2.13. The van der Waals surface area contributed by atoms with Gasteiger partial charge in [0.1, 0.15) is 5.75 Å². The number of benzene rings is 1. The van der Waals surface area contributed by atoms with E-state index >= 15 is 0 Å². The van der Waals surface area contributed by atoms with Crippen LogP contribution in [0.2, 0.25) is 5.02 Å². The monoisotopic (exact) mass is 303 g/mol. The minimum Gasteiger partial charge on any atom is -0.484 e. The minimum absolute atomic E-state index is 0.00470. The van der Waals surface area contributed by atoms with Gasteiger partial charge < -0.3 is 9.30 Å². The zero-order valence-electron chi connectivity index (χ0n) is 12.2. The topological polar surface area (TPSA) is 31.2 Å². The van der Waals surface area contributed by atoms with Crippen molar-refractivity contribution in [2.24, 2.45) is 0 Å². The van der Waals surface area contributed by atoms with Crippen LogP contribution in [0.1, 0.15) is 40.6 Å². The predicted molar refractivity (Wildman–Crippen MR) is 83.5 cm³/mol. The number of nitrogens with zero attached hydrogens (tertiary/aromatic N) is 1. The molecule has 0 atom stereocenters. The molecule has 2 aromatic rings.